The molecule has 0 aliphatic heterocycles. The maximum absolute atomic E-state index is 11.9. The van der Waals surface area contributed by atoms with Crippen molar-refractivity contribution in [2.45, 2.75) is 26.3 Å². The van der Waals surface area contributed by atoms with E-state index in [9.17, 15) is 4.79 Å². The molecule has 1 aromatic heterocycles. The van der Waals surface area contributed by atoms with Gasteiger partial charge in [-0.25, -0.2) is 4.98 Å². The van der Waals surface area contributed by atoms with Crippen LogP contribution in [0.3, 0.4) is 0 Å². The van der Waals surface area contributed by atoms with Crippen LogP contribution in [0, 0.1) is 6.92 Å². The van der Waals surface area contributed by atoms with Gasteiger partial charge in [0.15, 0.2) is 0 Å². The van der Waals surface area contributed by atoms with Crippen LogP contribution in [-0.4, -0.2) is 23.6 Å². The quantitative estimate of drug-likeness (QED) is 0.594. The second-order valence-electron chi connectivity index (χ2n) is 5.69. The number of ether oxygens (including phenoxy) is 1. The molecule has 1 atom stereocenters. The monoisotopic (exact) mass is 308 g/mol. The Labute approximate surface area is 135 Å². The molecule has 3 rings (SSSR count). The second kappa shape index (κ2) is 6.34. The zero-order chi connectivity index (χ0) is 16.4. The van der Waals surface area contributed by atoms with Gasteiger partial charge in [-0.1, -0.05) is 29.8 Å². The lowest BCUT2D eigenvalue weighted by molar-refractivity contribution is -0.144. The second-order valence-corrected chi connectivity index (χ2v) is 5.69. The third kappa shape index (κ3) is 3.03. The fraction of sp³-hybridized carbons (Fsp3) is 0.263. The van der Waals surface area contributed by atoms with Crippen LogP contribution in [0.2, 0.25) is 0 Å². The lowest BCUT2D eigenvalue weighted by Crippen LogP contribution is -2.34. The average Bonchev–Trinajstić information content (AvgIpc) is 2.55. The van der Waals surface area contributed by atoms with Crippen molar-refractivity contribution in [3.63, 3.8) is 0 Å². The summed E-state index contributed by atoms with van der Waals surface area (Å²) in [4.78, 5) is 16.6. The van der Waals surface area contributed by atoms with E-state index in [4.69, 9.17) is 15.5 Å². The zero-order valence-corrected chi connectivity index (χ0v) is 13.4. The van der Waals surface area contributed by atoms with Crippen molar-refractivity contribution in [3.05, 3.63) is 53.6 Å². The van der Waals surface area contributed by atoms with Gasteiger partial charge >= 0.3 is 5.97 Å². The van der Waals surface area contributed by atoms with Gasteiger partial charge in [0.2, 0.25) is 0 Å². The maximum Gasteiger partial charge on any atom is 0.323 e. The van der Waals surface area contributed by atoms with Gasteiger partial charge in [0.1, 0.15) is 6.04 Å². The number of nitrogens with zero attached hydrogens (tertiary/aromatic N) is 1. The van der Waals surface area contributed by atoms with Crippen molar-refractivity contribution in [3.8, 4) is 0 Å². The number of fused-ring (bicyclic) bond motifs is 2. The van der Waals surface area contributed by atoms with Crippen molar-refractivity contribution in [2.75, 3.05) is 6.61 Å². The summed E-state index contributed by atoms with van der Waals surface area (Å²) in [5.74, 6) is -0.366. The molecule has 4 nitrogen and oxygen atoms in total. The molecule has 0 radical (unpaired) electrons. The minimum atomic E-state index is -0.676. The number of benzene rings is 2. The fourth-order valence-corrected chi connectivity index (χ4v) is 2.86. The van der Waals surface area contributed by atoms with Crippen LogP contribution in [0.25, 0.3) is 21.8 Å². The third-order valence-corrected chi connectivity index (χ3v) is 3.96. The SMILES string of the molecule is CCOC(=O)C(N)Cc1c2ccccc2nc2ccc(C)cc12. The summed E-state index contributed by atoms with van der Waals surface area (Å²) in [6.07, 6.45) is 0.432. The molecule has 0 spiro atoms. The van der Waals surface area contributed by atoms with Crippen LogP contribution in [-0.2, 0) is 16.0 Å². The van der Waals surface area contributed by atoms with Gasteiger partial charge in [-0.3, -0.25) is 4.79 Å². The van der Waals surface area contributed by atoms with Crippen molar-refractivity contribution in [1.82, 2.24) is 4.98 Å². The Morgan fingerprint density at radius 3 is 2.70 bits per heavy atom. The van der Waals surface area contributed by atoms with Crippen LogP contribution >= 0.6 is 0 Å². The van der Waals surface area contributed by atoms with Gasteiger partial charge in [0, 0.05) is 10.8 Å². The number of para-hydroxylation sites is 1. The summed E-state index contributed by atoms with van der Waals surface area (Å²) in [6.45, 7) is 4.17. The number of hydrogen-bond donors (Lipinski definition) is 1. The van der Waals surface area contributed by atoms with E-state index in [0.29, 0.717) is 13.0 Å². The molecule has 118 valence electrons. The predicted octanol–water partition coefficient (Wildman–Crippen LogP) is 3.13. The number of hydrogen-bond acceptors (Lipinski definition) is 4. The average molecular weight is 308 g/mol. The minimum absolute atomic E-state index is 0.337. The number of esters is 1. The van der Waals surface area contributed by atoms with E-state index in [1.807, 2.05) is 43.3 Å². The largest absolute Gasteiger partial charge is 0.465 e. The number of pyridine rings is 1. The molecule has 3 aromatic rings. The Balaban J connectivity index is 2.17. The number of carbonyl (C=O) groups excluding carboxylic acids is 1. The molecule has 0 saturated carbocycles. The zero-order valence-electron chi connectivity index (χ0n) is 13.4. The summed E-state index contributed by atoms with van der Waals surface area (Å²) in [7, 11) is 0. The Morgan fingerprint density at radius 2 is 1.91 bits per heavy atom. The lowest BCUT2D eigenvalue weighted by Gasteiger charge is -2.15. The number of aromatic nitrogens is 1. The van der Waals surface area contributed by atoms with Crippen molar-refractivity contribution >= 4 is 27.8 Å². The smallest absolute Gasteiger partial charge is 0.323 e. The normalized spacial score (nSPS) is 12.5. The van der Waals surface area contributed by atoms with E-state index >= 15 is 0 Å². The number of nitrogens with two attached hydrogens (primary N) is 1. The standard InChI is InChI=1S/C19H20N2O2/c1-3-23-19(22)16(20)11-14-13-6-4-5-7-17(13)21-18-9-8-12(2)10-15(14)18/h4-10,16H,3,11,20H2,1-2H3. The molecule has 2 N–H and O–H groups in total. The maximum atomic E-state index is 11.9. The Kier molecular flexibility index (Phi) is 4.26. The molecule has 4 heteroatoms. The van der Waals surface area contributed by atoms with E-state index in [0.717, 1.165) is 32.9 Å². The van der Waals surface area contributed by atoms with Crippen LogP contribution in [0.1, 0.15) is 18.1 Å². The highest BCUT2D eigenvalue weighted by molar-refractivity contribution is 5.98. The first kappa shape index (κ1) is 15.4. The van der Waals surface area contributed by atoms with Crippen molar-refractivity contribution in [2.24, 2.45) is 5.73 Å². The molecule has 1 heterocycles. The molecule has 0 fully saturated rings. The highest BCUT2D eigenvalue weighted by Gasteiger charge is 2.19. The van der Waals surface area contributed by atoms with Crippen molar-refractivity contribution in [1.29, 1.82) is 0 Å². The van der Waals surface area contributed by atoms with Crippen LogP contribution in [0.4, 0.5) is 0 Å². The van der Waals surface area contributed by atoms with Gasteiger partial charge in [0.05, 0.1) is 17.6 Å². The van der Waals surface area contributed by atoms with Crippen LogP contribution < -0.4 is 5.73 Å². The van der Waals surface area contributed by atoms with E-state index in [1.54, 1.807) is 6.92 Å². The van der Waals surface area contributed by atoms with Gasteiger partial charge in [-0.05, 0) is 44.0 Å². The first-order valence-electron chi connectivity index (χ1n) is 7.80. The molecule has 23 heavy (non-hydrogen) atoms. The highest BCUT2D eigenvalue weighted by atomic mass is 16.5. The molecular formula is C19H20N2O2. The molecule has 0 aliphatic carbocycles. The summed E-state index contributed by atoms with van der Waals surface area (Å²) in [5, 5.41) is 2.08. The Morgan fingerprint density at radius 1 is 1.17 bits per heavy atom. The molecule has 2 aromatic carbocycles. The summed E-state index contributed by atoms with van der Waals surface area (Å²) in [6, 6.07) is 13.4. The molecule has 0 saturated heterocycles. The first-order valence-corrected chi connectivity index (χ1v) is 7.80. The van der Waals surface area contributed by atoms with Gasteiger partial charge in [0.25, 0.3) is 0 Å². The molecular weight excluding hydrogens is 288 g/mol. The van der Waals surface area contributed by atoms with E-state index in [-0.39, 0.29) is 5.97 Å². The van der Waals surface area contributed by atoms with E-state index in [2.05, 4.69) is 6.07 Å². The first-order chi connectivity index (χ1) is 11.1. The predicted molar refractivity (Wildman–Crippen MR) is 92.3 cm³/mol. The summed E-state index contributed by atoms with van der Waals surface area (Å²) >= 11 is 0. The number of carbonyl (C=O) groups is 1. The number of rotatable bonds is 4. The molecule has 0 amide bonds. The molecule has 1 unspecified atom stereocenters. The van der Waals surface area contributed by atoms with Gasteiger partial charge < -0.3 is 10.5 Å². The minimum Gasteiger partial charge on any atom is -0.465 e. The summed E-state index contributed by atoms with van der Waals surface area (Å²) in [5.41, 5.74) is 10.1. The highest BCUT2D eigenvalue weighted by Crippen LogP contribution is 2.27. The fourth-order valence-electron chi connectivity index (χ4n) is 2.86. The van der Waals surface area contributed by atoms with Crippen molar-refractivity contribution < 1.29 is 9.53 Å². The third-order valence-electron chi connectivity index (χ3n) is 3.96. The van der Waals surface area contributed by atoms with E-state index < -0.39 is 6.04 Å². The molecule has 0 bridgehead atoms. The lowest BCUT2D eigenvalue weighted by atomic mass is 9.96. The van der Waals surface area contributed by atoms with Gasteiger partial charge in [-0.2, -0.15) is 0 Å². The Bertz CT molecular complexity index is 874. The topological polar surface area (TPSA) is 65.2 Å². The van der Waals surface area contributed by atoms with E-state index in [1.165, 1.54) is 0 Å². The summed E-state index contributed by atoms with van der Waals surface area (Å²) < 4.78 is 5.04. The van der Waals surface area contributed by atoms with Crippen LogP contribution in [0.15, 0.2) is 42.5 Å². The van der Waals surface area contributed by atoms with Crippen LogP contribution in [0.5, 0.6) is 0 Å². The Hall–Kier alpha value is -2.46. The number of aryl methyl sites for hydroxylation is 1. The van der Waals surface area contributed by atoms with Gasteiger partial charge in [-0.15, -0.1) is 0 Å². The molecule has 0 aliphatic rings.